The van der Waals surface area contributed by atoms with Crippen molar-refractivity contribution in [2.45, 2.75) is 70.8 Å². The van der Waals surface area contributed by atoms with Crippen molar-refractivity contribution in [1.82, 2.24) is 4.90 Å². The molecule has 0 spiro atoms. The Kier molecular flexibility index (Phi) is 7.87. The Balaban J connectivity index is 2.51. The van der Waals surface area contributed by atoms with Crippen LogP contribution in [0.1, 0.15) is 64.7 Å². The van der Waals surface area contributed by atoms with E-state index >= 15 is 0 Å². The van der Waals surface area contributed by atoms with Gasteiger partial charge in [-0.2, -0.15) is 0 Å². The zero-order valence-corrected chi connectivity index (χ0v) is 11.8. The highest BCUT2D eigenvalue weighted by molar-refractivity contribution is 4.79. The Labute approximate surface area is 107 Å². The van der Waals surface area contributed by atoms with Crippen LogP contribution in [0.5, 0.6) is 0 Å². The van der Waals surface area contributed by atoms with Gasteiger partial charge in [-0.25, -0.2) is 0 Å². The second-order valence-corrected chi connectivity index (χ2v) is 5.67. The van der Waals surface area contributed by atoms with Crippen LogP contribution in [-0.2, 0) is 0 Å². The van der Waals surface area contributed by atoms with E-state index in [0.29, 0.717) is 6.61 Å². The molecular formula is C15H31NO. The normalized spacial score (nSPS) is 26.8. The number of hydrogen-bond acceptors (Lipinski definition) is 2. The molecule has 0 aliphatic heterocycles. The van der Waals surface area contributed by atoms with E-state index < -0.39 is 0 Å². The largest absolute Gasteiger partial charge is 0.396 e. The molecule has 0 amide bonds. The molecule has 2 heteroatoms. The highest BCUT2D eigenvalue weighted by atomic mass is 16.3. The molecule has 1 rings (SSSR count). The Hall–Kier alpha value is -0.0800. The van der Waals surface area contributed by atoms with E-state index in [4.69, 9.17) is 5.11 Å². The van der Waals surface area contributed by atoms with Crippen LogP contribution in [-0.4, -0.2) is 36.2 Å². The van der Waals surface area contributed by atoms with Crippen LogP contribution in [0.15, 0.2) is 0 Å². The van der Waals surface area contributed by atoms with Crippen molar-refractivity contribution in [3.05, 3.63) is 0 Å². The Morgan fingerprint density at radius 2 is 1.82 bits per heavy atom. The molecule has 1 N–H and O–H groups in total. The van der Waals surface area contributed by atoms with Gasteiger partial charge < -0.3 is 10.0 Å². The molecule has 1 aliphatic rings. The molecule has 0 aromatic heterocycles. The van der Waals surface area contributed by atoms with Crippen LogP contribution >= 0.6 is 0 Å². The molecule has 17 heavy (non-hydrogen) atoms. The minimum Gasteiger partial charge on any atom is -0.396 e. The topological polar surface area (TPSA) is 23.5 Å². The average molecular weight is 241 g/mol. The van der Waals surface area contributed by atoms with Crippen LogP contribution in [0.3, 0.4) is 0 Å². The minimum atomic E-state index is 0.329. The summed E-state index contributed by atoms with van der Waals surface area (Å²) in [6, 6.07) is 0.766. The second-order valence-electron chi connectivity index (χ2n) is 5.67. The first-order valence-corrected chi connectivity index (χ1v) is 7.60. The summed E-state index contributed by atoms with van der Waals surface area (Å²) in [7, 11) is 2.25. The van der Waals surface area contributed by atoms with Crippen molar-refractivity contribution in [2.24, 2.45) is 5.92 Å². The van der Waals surface area contributed by atoms with Gasteiger partial charge >= 0.3 is 0 Å². The van der Waals surface area contributed by atoms with Crippen molar-refractivity contribution in [3.8, 4) is 0 Å². The fraction of sp³-hybridized carbons (Fsp3) is 1.00. The number of nitrogens with zero attached hydrogens (tertiary/aromatic N) is 1. The van der Waals surface area contributed by atoms with E-state index in [1.165, 1.54) is 51.4 Å². The standard InChI is InChI=1S/C15H31NO/c1-3-9-14-10-6-4-5-7-11-15(14)16(2)12-8-13-17/h14-15,17H,3-13H2,1-2H3. The van der Waals surface area contributed by atoms with Crippen molar-refractivity contribution in [2.75, 3.05) is 20.2 Å². The fourth-order valence-electron chi connectivity index (χ4n) is 3.32. The van der Waals surface area contributed by atoms with Gasteiger partial charge in [0.05, 0.1) is 0 Å². The number of hydrogen-bond donors (Lipinski definition) is 1. The molecule has 0 saturated heterocycles. The number of aliphatic hydroxyl groups excluding tert-OH is 1. The lowest BCUT2D eigenvalue weighted by Crippen LogP contribution is -2.39. The summed E-state index contributed by atoms with van der Waals surface area (Å²) in [5.74, 6) is 0.893. The van der Waals surface area contributed by atoms with Crippen molar-refractivity contribution in [3.63, 3.8) is 0 Å². The summed E-state index contributed by atoms with van der Waals surface area (Å²) in [6.45, 7) is 3.69. The van der Waals surface area contributed by atoms with E-state index in [1.54, 1.807) is 0 Å². The van der Waals surface area contributed by atoms with Gasteiger partial charge in [-0.3, -0.25) is 0 Å². The molecule has 2 atom stereocenters. The molecule has 2 unspecified atom stereocenters. The number of rotatable bonds is 6. The highest BCUT2D eigenvalue weighted by Crippen LogP contribution is 2.29. The first-order valence-electron chi connectivity index (χ1n) is 7.60. The number of aliphatic hydroxyl groups is 1. The lowest BCUT2D eigenvalue weighted by molar-refractivity contribution is 0.128. The molecule has 1 saturated carbocycles. The predicted molar refractivity (Wildman–Crippen MR) is 74.2 cm³/mol. The molecule has 1 aliphatic carbocycles. The Bertz CT molecular complexity index is 184. The lowest BCUT2D eigenvalue weighted by atomic mass is 9.83. The van der Waals surface area contributed by atoms with Gasteiger partial charge in [-0.05, 0) is 38.6 Å². The van der Waals surface area contributed by atoms with E-state index in [0.717, 1.165) is 24.9 Å². The second kappa shape index (κ2) is 8.93. The third-order valence-electron chi connectivity index (χ3n) is 4.26. The van der Waals surface area contributed by atoms with E-state index in [9.17, 15) is 0 Å². The van der Waals surface area contributed by atoms with Gasteiger partial charge in [0.15, 0.2) is 0 Å². The maximum Gasteiger partial charge on any atom is 0.0443 e. The molecule has 1 fully saturated rings. The van der Waals surface area contributed by atoms with Crippen LogP contribution in [0, 0.1) is 5.92 Å². The fourth-order valence-corrected chi connectivity index (χ4v) is 3.32. The van der Waals surface area contributed by atoms with Crippen LogP contribution in [0.25, 0.3) is 0 Å². The molecule has 2 nitrogen and oxygen atoms in total. The predicted octanol–water partition coefficient (Wildman–Crippen LogP) is 3.44. The van der Waals surface area contributed by atoms with E-state index in [1.807, 2.05) is 0 Å². The molecule has 0 aromatic rings. The van der Waals surface area contributed by atoms with Crippen molar-refractivity contribution in [1.29, 1.82) is 0 Å². The van der Waals surface area contributed by atoms with Gasteiger partial charge in [0.2, 0.25) is 0 Å². The average Bonchev–Trinajstić information content (AvgIpc) is 2.30. The smallest absolute Gasteiger partial charge is 0.0443 e. The molecule has 102 valence electrons. The third-order valence-corrected chi connectivity index (χ3v) is 4.26. The van der Waals surface area contributed by atoms with Crippen LogP contribution in [0.4, 0.5) is 0 Å². The molecule has 0 bridgehead atoms. The summed E-state index contributed by atoms with van der Waals surface area (Å²) in [5.41, 5.74) is 0. The monoisotopic (exact) mass is 241 g/mol. The van der Waals surface area contributed by atoms with Gasteiger partial charge in [-0.15, -0.1) is 0 Å². The third kappa shape index (κ3) is 5.39. The minimum absolute atomic E-state index is 0.329. The van der Waals surface area contributed by atoms with Crippen molar-refractivity contribution >= 4 is 0 Å². The zero-order valence-electron chi connectivity index (χ0n) is 11.8. The summed E-state index contributed by atoms with van der Waals surface area (Å²) >= 11 is 0. The summed E-state index contributed by atoms with van der Waals surface area (Å²) in [6.07, 6.45) is 12.1. The summed E-state index contributed by atoms with van der Waals surface area (Å²) in [4.78, 5) is 2.52. The molecule has 0 radical (unpaired) electrons. The molecular weight excluding hydrogens is 210 g/mol. The lowest BCUT2D eigenvalue weighted by Gasteiger charge is -2.36. The zero-order chi connectivity index (χ0) is 12.5. The van der Waals surface area contributed by atoms with Gasteiger partial charge in [0, 0.05) is 19.2 Å². The van der Waals surface area contributed by atoms with Crippen LogP contribution in [0.2, 0.25) is 0 Å². The van der Waals surface area contributed by atoms with Gasteiger partial charge in [0.1, 0.15) is 0 Å². The first-order chi connectivity index (χ1) is 8.29. The van der Waals surface area contributed by atoms with E-state index in [2.05, 4.69) is 18.9 Å². The first kappa shape index (κ1) is 15.0. The van der Waals surface area contributed by atoms with Crippen LogP contribution < -0.4 is 0 Å². The summed E-state index contributed by atoms with van der Waals surface area (Å²) in [5, 5.41) is 8.96. The maximum absolute atomic E-state index is 8.96. The maximum atomic E-state index is 8.96. The molecule has 0 aromatic carbocycles. The molecule has 0 heterocycles. The van der Waals surface area contributed by atoms with Crippen molar-refractivity contribution < 1.29 is 5.11 Å². The van der Waals surface area contributed by atoms with Gasteiger partial charge in [0.25, 0.3) is 0 Å². The summed E-state index contributed by atoms with van der Waals surface area (Å²) < 4.78 is 0. The van der Waals surface area contributed by atoms with Gasteiger partial charge in [-0.1, -0.05) is 39.0 Å². The Morgan fingerprint density at radius 3 is 2.47 bits per heavy atom. The van der Waals surface area contributed by atoms with E-state index in [-0.39, 0.29) is 0 Å². The quantitative estimate of drug-likeness (QED) is 0.770. The SMILES string of the molecule is CCCC1CCCCCCC1N(C)CCCO. The Morgan fingerprint density at radius 1 is 1.12 bits per heavy atom. The highest BCUT2D eigenvalue weighted by Gasteiger charge is 2.25.